The van der Waals surface area contributed by atoms with Crippen molar-refractivity contribution in [3.63, 3.8) is 0 Å². The third-order valence-electron chi connectivity index (χ3n) is 4.89. The number of fused-ring (bicyclic) bond motifs is 1. The second-order valence-electron chi connectivity index (χ2n) is 6.78. The molecule has 0 radical (unpaired) electrons. The first-order valence-electron chi connectivity index (χ1n) is 9.57. The molecule has 1 amide bonds. The molecule has 144 valence electrons. The molecular formula is C24H21N3O2. The second kappa shape index (κ2) is 8.10. The number of carbonyl (C=O) groups excluding carboxylic acids is 1. The van der Waals surface area contributed by atoms with Crippen molar-refractivity contribution < 1.29 is 9.90 Å². The minimum Gasteiger partial charge on any atom is -0.506 e. The van der Waals surface area contributed by atoms with E-state index in [1.165, 1.54) is 0 Å². The summed E-state index contributed by atoms with van der Waals surface area (Å²) in [7, 11) is 0. The van der Waals surface area contributed by atoms with Crippen molar-refractivity contribution in [1.82, 2.24) is 15.3 Å². The molecule has 2 aromatic carbocycles. The van der Waals surface area contributed by atoms with E-state index in [0.29, 0.717) is 17.7 Å². The topological polar surface area (TPSA) is 75.1 Å². The normalized spacial score (nSPS) is 11.9. The van der Waals surface area contributed by atoms with Crippen LogP contribution in [0.15, 0.2) is 79.0 Å². The number of pyridine rings is 2. The zero-order chi connectivity index (χ0) is 20.2. The summed E-state index contributed by atoms with van der Waals surface area (Å²) < 4.78 is 0. The minimum absolute atomic E-state index is 0.0733. The van der Waals surface area contributed by atoms with Crippen molar-refractivity contribution in [2.24, 2.45) is 0 Å². The zero-order valence-corrected chi connectivity index (χ0v) is 16.0. The van der Waals surface area contributed by atoms with Gasteiger partial charge in [-0.15, -0.1) is 0 Å². The molecule has 0 aliphatic heterocycles. The van der Waals surface area contributed by atoms with Gasteiger partial charge in [-0.3, -0.25) is 9.78 Å². The summed E-state index contributed by atoms with van der Waals surface area (Å²) in [6.45, 7) is 1.94. The van der Waals surface area contributed by atoms with Crippen molar-refractivity contribution in [3.05, 3.63) is 90.3 Å². The van der Waals surface area contributed by atoms with Crippen LogP contribution in [0.2, 0.25) is 0 Å². The van der Waals surface area contributed by atoms with Crippen LogP contribution in [0, 0.1) is 0 Å². The Bertz CT molecular complexity index is 1160. The Hall–Kier alpha value is -3.73. The van der Waals surface area contributed by atoms with Crippen molar-refractivity contribution in [2.75, 3.05) is 0 Å². The summed E-state index contributed by atoms with van der Waals surface area (Å²) in [5, 5.41) is 13.9. The average molecular weight is 383 g/mol. The van der Waals surface area contributed by atoms with Crippen LogP contribution in [0.4, 0.5) is 0 Å². The molecule has 2 N–H and O–H groups in total. The molecule has 4 aromatic rings. The molecule has 0 fully saturated rings. The minimum atomic E-state index is -0.393. The lowest BCUT2D eigenvalue weighted by Gasteiger charge is -2.18. The number of nitrogens with one attached hydrogen (secondary N) is 1. The summed E-state index contributed by atoms with van der Waals surface area (Å²) in [6, 6.07) is 22.0. The Balaban J connectivity index is 1.76. The van der Waals surface area contributed by atoms with Gasteiger partial charge in [-0.2, -0.15) is 0 Å². The van der Waals surface area contributed by atoms with Gasteiger partial charge < -0.3 is 10.4 Å². The molecule has 0 spiro atoms. The van der Waals surface area contributed by atoms with Crippen LogP contribution in [0.1, 0.15) is 35.4 Å². The lowest BCUT2D eigenvalue weighted by Crippen LogP contribution is -2.29. The van der Waals surface area contributed by atoms with E-state index in [2.05, 4.69) is 10.3 Å². The quantitative estimate of drug-likeness (QED) is 0.515. The number of rotatable bonds is 5. The molecule has 1 atom stereocenters. The molecule has 4 rings (SSSR count). The molecule has 0 saturated carbocycles. The highest BCUT2D eigenvalue weighted by Crippen LogP contribution is 2.27. The fraction of sp³-hybridized carbons (Fsp3) is 0.125. The second-order valence-corrected chi connectivity index (χ2v) is 6.78. The predicted octanol–water partition coefficient (Wildman–Crippen LogP) is 4.88. The Morgan fingerprint density at radius 2 is 1.79 bits per heavy atom. The average Bonchev–Trinajstić information content (AvgIpc) is 2.77. The summed E-state index contributed by atoms with van der Waals surface area (Å²) in [5.74, 6) is -0.151. The number of nitrogens with zero attached hydrogens (tertiary/aromatic N) is 2. The Morgan fingerprint density at radius 3 is 2.55 bits per heavy atom. The van der Waals surface area contributed by atoms with Gasteiger partial charge in [-0.25, -0.2) is 4.98 Å². The predicted molar refractivity (Wildman–Crippen MR) is 114 cm³/mol. The third-order valence-corrected chi connectivity index (χ3v) is 4.89. The van der Waals surface area contributed by atoms with E-state index >= 15 is 0 Å². The van der Waals surface area contributed by atoms with Crippen LogP contribution in [0.25, 0.3) is 22.2 Å². The first-order chi connectivity index (χ1) is 14.2. The maximum Gasteiger partial charge on any atom is 0.252 e. The van der Waals surface area contributed by atoms with Crippen molar-refractivity contribution in [1.29, 1.82) is 0 Å². The Kier molecular flexibility index (Phi) is 5.20. The molecule has 5 nitrogen and oxygen atoms in total. The zero-order valence-electron chi connectivity index (χ0n) is 16.0. The third kappa shape index (κ3) is 3.80. The molecule has 0 saturated heterocycles. The highest BCUT2D eigenvalue weighted by molar-refractivity contribution is 6.07. The van der Waals surface area contributed by atoms with Gasteiger partial charge >= 0.3 is 0 Å². The number of amides is 1. The Morgan fingerprint density at radius 1 is 1.03 bits per heavy atom. The van der Waals surface area contributed by atoms with Gasteiger partial charge in [0, 0.05) is 17.1 Å². The molecule has 1 unspecified atom stereocenters. The highest BCUT2D eigenvalue weighted by atomic mass is 16.3. The summed E-state index contributed by atoms with van der Waals surface area (Å²) in [4.78, 5) is 22.2. The van der Waals surface area contributed by atoms with Gasteiger partial charge in [0.25, 0.3) is 5.91 Å². The van der Waals surface area contributed by atoms with Crippen molar-refractivity contribution in [2.45, 2.75) is 19.4 Å². The van der Waals surface area contributed by atoms with E-state index in [1.54, 1.807) is 18.3 Å². The van der Waals surface area contributed by atoms with Gasteiger partial charge in [0.05, 0.1) is 22.8 Å². The Labute approximate surface area is 169 Å². The van der Waals surface area contributed by atoms with Gasteiger partial charge in [-0.05, 0) is 30.7 Å². The number of benzene rings is 2. The number of aromatic hydroxyl groups is 1. The lowest BCUT2D eigenvalue weighted by atomic mass is 10.0. The van der Waals surface area contributed by atoms with Crippen LogP contribution in [-0.4, -0.2) is 21.0 Å². The monoisotopic (exact) mass is 383 g/mol. The highest BCUT2D eigenvalue weighted by Gasteiger charge is 2.20. The van der Waals surface area contributed by atoms with E-state index in [-0.39, 0.29) is 11.7 Å². The molecule has 2 heterocycles. The lowest BCUT2D eigenvalue weighted by molar-refractivity contribution is 0.0936. The molecule has 0 bridgehead atoms. The standard InChI is InChI=1S/C24H21N3O2/c1-2-19(23-22(28)13-8-14-25-23)27-24(29)18-15-21(16-9-4-3-5-10-16)26-20-12-7-6-11-17(18)20/h3-15,19,28H,2H2,1H3,(H,27,29). The first kappa shape index (κ1) is 18.6. The van der Waals surface area contributed by atoms with E-state index in [4.69, 9.17) is 4.98 Å². The van der Waals surface area contributed by atoms with Crippen molar-refractivity contribution in [3.8, 4) is 17.0 Å². The molecule has 29 heavy (non-hydrogen) atoms. The first-order valence-corrected chi connectivity index (χ1v) is 9.57. The van der Waals surface area contributed by atoms with Gasteiger partial charge in [0.15, 0.2) is 0 Å². The van der Waals surface area contributed by atoms with Crippen LogP contribution in [0.3, 0.4) is 0 Å². The molecule has 2 aromatic heterocycles. The fourth-order valence-corrected chi connectivity index (χ4v) is 3.40. The van der Waals surface area contributed by atoms with E-state index in [9.17, 15) is 9.90 Å². The SMILES string of the molecule is CCC(NC(=O)c1cc(-c2ccccc2)nc2ccccc12)c1ncccc1O. The molecule has 0 aliphatic carbocycles. The van der Waals surface area contributed by atoms with Crippen LogP contribution >= 0.6 is 0 Å². The summed E-state index contributed by atoms with van der Waals surface area (Å²) in [5.41, 5.74) is 3.45. The smallest absolute Gasteiger partial charge is 0.252 e. The maximum absolute atomic E-state index is 13.2. The fourth-order valence-electron chi connectivity index (χ4n) is 3.40. The van der Waals surface area contributed by atoms with Crippen LogP contribution in [0.5, 0.6) is 5.75 Å². The molecule has 5 heteroatoms. The van der Waals surface area contributed by atoms with Crippen LogP contribution < -0.4 is 5.32 Å². The number of hydrogen-bond donors (Lipinski definition) is 2. The molecule has 0 aliphatic rings. The van der Waals surface area contributed by atoms with E-state index in [0.717, 1.165) is 22.2 Å². The summed E-state index contributed by atoms with van der Waals surface area (Å²) >= 11 is 0. The van der Waals surface area contributed by atoms with Gasteiger partial charge in [0.2, 0.25) is 0 Å². The number of hydrogen-bond acceptors (Lipinski definition) is 4. The number of para-hydroxylation sites is 1. The van der Waals surface area contributed by atoms with Gasteiger partial charge in [0.1, 0.15) is 11.4 Å². The number of carbonyl (C=O) groups is 1. The molecular weight excluding hydrogens is 362 g/mol. The maximum atomic E-state index is 13.2. The van der Waals surface area contributed by atoms with E-state index < -0.39 is 6.04 Å². The van der Waals surface area contributed by atoms with Crippen LogP contribution in [-0.2, 0) is 0 Å². The largest absolute Gasteiger partial charge is 0.506 e. The number of aromatic nitrogens is 2. The van der Waals surface area contributed by atoms with E-state index in [1.807, 2.05) is 67.6 Å². The van der Waals surface area contributed by atoms with Crippen molar-refractivity contribution >= 4 is 16.8 Å². The van der Waals surface area contributed by atoms with Gasteiger partial charge in [-0.1, -0.05) is 55.5 Å². The summed E-state index contributed by atoms with van der Waals surface area (Å²) in [6.07, 6.45) is 2.21.